The molecule has 4 atom stereocenters. The fourth-order valence-corrected chi connectivity index (χ4v) is 3.99. The van der Waals surface area contributed by atoms with Crippen molar-refractivity contribution in [2.45, 2.75) is 71.7 Å². The number of anilines is 1. The van der Waals surface area contributed by atoms with Crippen LogP contribution in [0.1, 0.15) is 64.6 Å². The molecule has 1 saturated heterocycles. The smallest absolute Gasteiger partial charge is 0.272 e. The molecule has 9 nitrogen and oxygen atoms in total. The van der Waals surface area contributed by atoms with Crippen LogP contribution in [0.2, 0.25) is 0 Å². The average molecular weight is 469 g/mol. The highest BCUT2D eigenvalue weighted by Gasteiger charge is 2.40. The highest BCUT2D eigenvalue weighted by molar-refractivity contribution is 5.96. The topological polar surface area (TPSA) is 121 Å². The van der Waals surface area contributed by atoms with E-state index in [1.807, 2.05) is 44.8 Å². The number of nitriles is 1. The molecule has 4 N–H and O–H groups in total. The number of rotatable bonds is 7. The van der Waals surface area contributed by atoms with Crippen molar-refractivity contribution >= 4 is 17.5 Å². The monoisotopic (exact) mass is 468 g/mol. The largest absolute Gasteiger partial charge is 0.392 e. The SMILES string of the molecule is CC.CC(O)C(C)NCN1CC(C)N2NC(c3ccc(C#N)cc3NC(=O)C3CC3)C=C2C1=O. The van der Waals surface area contributed by atoms with Gasteiger partial charge in [-0.3, -0.25) is 19.9 Å². The molecule has 1 aliphatic carbocycles. The molecular formula is C25H36N6O3. The average Bonchev–Trinajstić information content (AvgIpc) is 3.59. The normalized spacial score (nSPS) is 23.2. The van der Waals surface area contributed by atoms with E-state index in [0.717, 1.165) is 18.4 Å². The van der Waals surface area contributed by atoms with Crippen LogP contribution in [-0.2, 0) is 9.59 Å². The first-order valence-electron chi connectivity index (χ1n) is 12.1. The fraction of sp³-hybridized carbons (Fsp3) is 0.560. The summed E-state index contributed by atoms with van der Waals surface area (Å²) in [7, 11) is 0. The number of hydrogen-bond donors (Lipinski definition) is 4. The van der Waals surface area contributed by atoms with Gasteiger partial charge in [0.15, 0.2) is 0 Å². The minimum absolute atomic E-state index is 0.0290. The van der Waals surface area contributed by atoms with Gasteiger partial charge in [0.1, 0.15) is 5.70 Å². The van der Waals surface area contributed by atoms with Crippen molar-refractivity contribution in [2.24, 2.45) is 5.92 Å². The van der Waals surface area contributed by atoms with Crippen molar-refractivity contribution in [1.29, 1.82) is 5.26 Å². The molecule has 4 unspecified atom stereocenters. The van der Waals surface area contributed by atoms with Gasteiger partial charge in [0.05, 0.1) is 36.5 Å². The second-order valence-electron chi connectivity index (χ2n) is 8.97. The molecule has 184 valence electrons. The summed E-state index contributed by atoms with van der Waals surface area (Å²) in [6.45, 7) is 10.5. The van der Waals surface area contributed by atoms with Crippen molar-refractivity contribution < 1.29 is 14.7 Å². The van der Waals surface area contributed by atoms with Crippen LogP contribution in [0, 0.1) is 17.2 Å². The summed E-state index contributed by atoms with van der Waals surface area (Å²) in [5, 5.41) is 27.0. The van der Waals surface area contributed by atoms with Gasteiger partial charge in [0.2, 0.25) is 5.91 Å². The first-order valence-corrected chi connectivity index (χ1v) is 12.1. The van der Waals surface area contributed by atoms with Crippen LogP contribution in [-0.4, -0.2) is 58.2 Å². The summed E-state index contributed by atoms with van der Waals surface area (Å²) in [5.41, 5.74) is 5.83. The Morgan fingerprint density at radius 1 is 1.32 bits per heavy atom. The van der Waals surface area contributed by atoms with E-state index in [9.17, 15) is 20.0 Å². The number of hydrogen-bond acceptors (Lipinski definition) is 7. The van der Waals surface area contributed by atoms with Gasteiger partial charge < -0.3 is 15.3 Å². The third-order valence-electron chi connectivity index (χ3n) is 6.35. The van der Waals surface area contributed by atoms with Crippen LogP contribution >= 0.6 is 0 Å². The lowest BCUT2D eigenvalue weighted by atomic mass is 10.0. The Balaban J connectivity index is 0.00000158. The number of aliphatic hydroxyl groups excluding tert-OH is 1. The number of nitrogens with one attached hydrogen (secondary N) is 3. The summed E-state index contributed by atoms with van der Waals surface area (Å²) in [6.07, 6.45) is 3.14. The van der Waals surface area contributed by atoms with E-state index in [1.54, 1.807) is 24.0 Å². The molecule has 9 heteroatoms. The van der Waals surface area contributed by atoms with Crippen LogP contribution in [0.25, 0.3) is 0 Å². The summed E-state index contributed by atoms with van der Waals surface area (Å²) < 4.78 is 0. The van der Waals surface area contributed by atoms with E-state index in [1.165, 1.54) is 0 Å². The molecule has 0 aromatic heterocycles. The molecule has 1 saturated carbocycles. The summed E-state index contributed by atoms with van der Waals surface area (Å²) in [5.74, 6) is -0.0826. The third kappa shape index (κ3) is 5.58. The predicted molar refractivity (Wildman–Crippen MR) is 130 cm³/mol. The van der Waals surface area contributed by atoms with E-state index in [0.29, 0.717) is 30.2 Å². The zero-order chi connectivity index (χ0) is 25.0. The van der Waals surface area contributed by atoms with Crippen molar-refractivity contribution in [3.05, 3.63) is 41.1 Å². The molecule has 0 spiro atoms. The van der Waals surface area contributed by atoms with Crippen LogP contribution in [0.3, 0.4) is 0 Å². The minimum atomic E-state index is -0.513. The lowest BCUT2D eigenvalue weighted by Crippen LogP contribution is -2.58. The van der Waals surface area contributed by atoms with Gasteiger partial charge in [-0.15, -0.1) is 0 Å². The quantitative estimate of drug-likeness (QED) is 0.484. The Morgan fingerprint density at radius 2 is 2.03 bits per heavy atom. The number of aliphatic hydroxyl groups is 1. The Bertz CT molecular complexity index is 981. The molecule has 1 aromatic carbocycles. The number of carbonyl (C=O) groups excluding carboxylic acids is 2. The summed E-state index contributed by atoms with van der Waals surface area (Å²) in [4.78, 5) is 27.3. The number of fused-ring (bicyclic) bond motifs is 1. The predicted octanol–water partition coefficient (Wildman–Crippen LogP) is 2.23. The molecule has 0 radical (unpaired) electrons. The lowest BCUT2D eigenvalue weighted by molar-refractivity contribution is -0.134. The Hall–Kier alpha value is -2.93. The summed E-state index contributed by atoms with van der Waals surface area (Å²) in [6, 6.07) is 6.96. The molecule has 1 aromatic rings. The summed E-state index contributed by atoms with van der Waals surface area (Å²) >= 11 is 0. The Morgan fingerprint density at radius 3 is 2.65 bits per heavy atom. The molecule has 2 amide bonds. The van der Waals surface area contributed by atoms with Gasteiger partial charge in [-0.1, -0.05) is 19.9 Å². The van der Waals surface area contributed by atoms with E-state index in [-0.39, 0.29) is 35.9 Å². The number of carbonyl (C=O) groups is 2. The molecule has 0 bridgehead atoms. The maximum absolute atomic E-state index is 13.1. The van der Waals surface area contributed by atoms with Crippen molar-refractivity contribution in [1.82, 2.24) is 20.7 Å². The highest BCUT2D eigenvalue weighted by atomic mass is 16.3. The van der Waals surface area contributed by atoms with Crippen LogP contribution in [0.4, 0.5) is 5.69 Å². The third-order valence-corrected chi connectivity index (χ3v) is 6.35. The zero-order valence-corrected chi connectivity index (χ0v) is 20.6. The molecule has 34 heavy (non-hydrogen) atoms. The standard InChI is InChI=1S/C23H30N6O3.C2H6/c1-13-11-28(12-25-14(2)15(3)30)23(32)21-9-20(27-29(13)21)18-7-4-16(10-24)8-19(18)26-22(31)17-5-6-17;1-2/h4,7-9,13-15,17,20,25,27,30H,5-6,11-12H2,1-3H3,(H,26,31);1-2H3. The molecule has 3 aliphatic rings. The maximum Gasteiger partial charge on any atom is 0.272 e. The molecular weight excluding hydrogens is 432 g/mol. The van der Waals surface area contributed by atoms with Crippen molar-refractivity contribution in [3.8, 4) is 6.07 Å². The van der Waals surface area contributed by atoms with Crippen LogP contribution in [0.15, 0.2) is 30.0 Å². The van der Waals surface area contributed by atoms with Gasteiger partial charge in [-0.2, -0.15) is 5.26 Å². The van der Waals surface area contributed by atoms with Crippen molar-refractivity contribution in [2.75, 3.05) is 18.5 Å². The Labute approximate surface area is 201 Å². The first-order chi connectivity index (χ1) is 16.3. The van der Waals surface area contributed by atoms with Gasteiger partial charge in [-0.05, 0) is 57.4 Å². The second-order valence-corrected chi connectivity index (χ2v) is 8.97. The van der Waals surface area contributed by atoms with Gasteiger partial charge >= 0.3 is 0 Å². The van der Waals surface area contributed by atoms with E-state index in [2.05, 4.69) is 22.1 Å². The molecule has 4 rings (SSSR count). The first kappa shape index (κ1) is 25.7. The van der Waals surface area contributed by atoms with Gasteiger partial charge in [-0.25, -0.2) is 5.43 Å². The van der Waals surface area contributed by atoms with E-state index < -0.39 is 6.10 Å². The highest BCUT2D eigenvalue weighted by Crippen LogP contribution is 2.35. The van der Waals surface area contributed by atoms with E-state index in [4.69, 9.17) is 0 Å². The molecule has 2 fully saturated rings. The number of nitrogens with zero attached hydrogens (tertiary/aromatic N) is 3. The molecule has 2 aliphatic heterocycles. The number of amides is 2. The number of hydrazine groups is 1. The van der Waals surface area contributed by atoms with Crippen LogP contribution in [0.5, 0.6) is 0 Å². The minimum Gasteiger partial charge on any atom is -0.392 e. The van der Waals surface area contributed by atoms with Gasteiger partial charge in [0, 0.05) is 24.2 Å². The second kappa shape index (κ2) is 11.0. The van der Waals surface area contributed by atoms with Crippen LogP contribution < -0.4 is 16.1 Å². The maximum atomic E-state index is 13.1. The lowest BCUT2D eigenvalue weighted by Gasteiger charge is -2.40. The van der Waals surface area contributed by atoms with Crippen molar-refractivity contribution in [3.63, 3.8) is 0 Å². The Kier molecular flexibility index (Phi) is 8.31. The zero-order valence-electron chi connectivity index (χ0n) is 20.6. The molecule has 2 heterocycles. The van der Waals surface area contributed by atoms with Gasteiger partial charge in [0.25, 0.3) is 5.91 Å². The van der Waals surface area contributed by atoms with E-state index >= 15 is 0 Å². The number of benzene rings is 1. The fourth-order valence-electron chi connectivity index (χ4n) is 3.99. The number of piperazine rings is 1.